The Bertz CT molecular complexity index is 1340. The molecule has 1 amide bonds. The van der Waals surface area contributed by atoms with E-state index < -0.39 is 0 Å². The number of aryl methyl sites for hydroxylation is 3. The van der Waals surface area contributed by atoms with Gasteiger partial charge in [0.1, 0.15) is 11.6 Å². The third kappa shape index (κ3) is 3.65. The van der Waals surface area contributed by atoms with Crippen LogP contribution < -0.4 is 4.74 Å². The van der Waals surface area contributed by atoms with Crippen molar-refractivity contribution in [2.24, 2.45) is 0 Å². The maximum atomic E-state index is 13.3. The number of hydrogen-bond acceptors (Lipinski definition) is 5. The Balaban J connectivity index is 1.43. The molecule has 4 aromatic rings. The lowest BCUT2D eigenvalue weighted by Gasteiger charge is -2.19. The third-order valence-corrected chi connectivity index (χ3v) is 6.64. The number of imidazole rings is 1. The Morgan fingerprint density at radius 1 is 1.15 bits per heavy atom. The van der Waals surface area contributed by atoms with Gasteiger partial charge in [-0.3, -0.25) is 4.79 Å². The Hall–Kier alpha value is -3.68. The average Bonchev–Trinajstić information content (AvgIpc) is 3.53. The lowest BCUT2D eigenvalue weighted by atomic mass is 10.0. The number of methoxy groups -OCH3 is 1. The molecule has 8 heteroatoms. The van der Waals surface area contributed by atoms with Crippen molar-refractivity contribution in [3.05, 3.63) is 76.8 Å². The summed E-state index contributed by atoms with van der Waals surface area (Å²) >= 11 is 0. The molecule has 1 aromatic carbocycles. The Labute approximate surface area is 192 Å². The summed E-state index contributed by atoms with van der Waals surface area (Å²) in [6.45, 7) is 8.00. The molecule has 4 heterocycles. The fourth-order valence-corrected chi connectivity index (χ4v) is 4.80. The molecule has 0 aliphatic carbocycles. The molecule has 1 saturated heterocycles. The van der Waals surface area contributed by atoms with Crippen LogP contribution in [0.1, 0.15) is 51.0 Å². The molecule has 170 valence electrons. The van der Waals surface area contributed by atoms with Crippen LogP contribution in [0.2, 0.25) is 0 Å². The lowest BCUT2D eigenvalue weighted by molar-refractivity contribution is 0.0787. The number of amides is 1. The van der Waals surface area contributed by atoms with Gasteiger partial charge >= 0.3 is 0 Å². The first-order valence-corrected chi connectivity index (χ1v) is 11.2. The molecule has 0 spiro atoms. The second kappa shape index (κ2) is 8.35. The zero-order valence-corrected chi connectivity index (χ0v) is 19.4. The van der Waals surface area contributed by atoms with Crippen LogP contribution in [-0.2, 0) is 6.54 Å². The molecule has 0 N–H and O–H groups in total. The maximum absolute atomic E-state index is 13.3. The number of fused-ring (bicyclic) bond motifs is 1. The molecule has 8 nitrogen and oxygen atoms in total. The molecule has 0 bridgehead atoms. The van der Waals surface area contributed by atoms with Gasteiger partial charge < -0.3 is 14.2 Å². The van der Waals surface area contributed by atoms with Gasteiger partial charge in [0.05, 0.1) is 30.6 Å². The molecule has 1 aliphatic rings. The highest BCUT2D eigenvalue weighted by Crippen LogP contribution is 2.31. The van der Waals surface area contributed by atoms with Gasteiger partial charge in [0.15, 0.2) is 5.65 Å². The zero-order valence-electron chi connectivity index (χ0n) is 19.4. The highest BCUT2D eigenvalue weighted by atomic mass is 16.5. The Kier molecular flexibility index (Phi) is 5.36. The van der Waals surface area contributed by atoms with Gasteiger partial charge in [0.25, 0.3) is 5.91 Å². The smallest absolute Gasteiger partial charge is 0.257 e. The second-order valence-electron chi connectivity index (χ2n) is 8.66. The van der Waals surface area contributed by atoms with Crippen molar-refractivity contribution in [3.8, 4) is 5.75 Å². The molecule has 0 saturated carbocycles. The number of benzene rings is 1. The van der Waals surface area contributed by atoms with Gasteiger partial charge in [0.2, 0.25) is 0 Å². The summed E-state index contributed by atoms with van der Waals surface area (Å²) in [6.07, 6.45) is 6.52. The molecule has 1 atom stereocenters. The van der Waals surface area contributed by atoms with Crippen molar-refractivity contribution in [2.45, 2.75) is 39.7 Å². The highest BCUT2D eigenvalue weighted by Gasteiger charge is 2.31. The van der Waals surface area contributed by atoms with Crippen LogP contribution in [0.3, 0.4) is 0 Å². The van der Waals surface area contributed by atoms with E-state index in [-0.39, 0.29) is 11.8 Å². The number of rotatable bonds is 5. The van der Waals surface area contributed by atoms with Gasteiger partial charge in [-0.1, -0.05) is 12.1 Å². The average molecular weight is 445 g/mol. The van der Waals surface area contributed by atoms with E-state index >= 15 is 0 Å². The van der Waals surface area contributed by atoms with E-state index in [0.717, 1.165) is 40.4 Å². The predicted molar refractivity (Wildman–Crippen MR) is 125 cm³/mol. The molecule has 5 rings (SSSR count). The standard InChI is InChI=1S/C25H28N6O2/c1-16-6-5-7-20(23(16)33-4)25(32)30-12-9-19(14-30)22-8-10-27-24-21(17(2)28-31(22)24)15-29-13-11-26-18(29)3/h5-8,10-11,13,19H,9,12,14-15H2,1-4H3. The fraction of sp³-hybridized carbons (Fsp3) is 0.360. The predicted octanol–water partition coefficient (Wildman–Crippen LogP) is 3.54. The normalized spacial score (nSPS) is 16.0. The molecule has 1 fully saturated rings. The first-order valence-electron chi connectivity index (χ1n) is 11.2. The van der Waals surface area contributed by atoms with Gasteiger partial charge in [-0.2, -0.15) is 5.10 Å². The number of ether oxygens (including phenoxy) is 1. The van der Waals surface area contributed by atoms with E-state index in [1.54, 1.807) is 7.11 Å². The first-order chi connectivity index (χ1) is 16.0. The van der Waals surface area contributed by atoms with Crippen molar-refractivity contribution >= 4 is 11.6 Å². The minimum atomic E-state index is 0.0104. The number of carbonyl (C=O) groups excluding carboxylic acids is 1. The largest absolute Gasteiger partial charge is 0.496 e. The van der Waals surface area contributed by atoms with Gasteiger partial charge in [0, 0.05) is 43.2 Å². The molecular formula is C25H28N6O2. The summed E-state index contributed by atoms with van der Waals surface area (Å²) in [7, 11) is 1.61. The van der Waals surface area contributed by atoms with Crippen LogP contribution in [0.15, 0.2) is 42.9 Å². The minimum absolute atomic E-state index is 0.0104. The number of carbonyl (C=O) groups is 1. The summed E-state index contributed by atoms with van der Waals surface area (Å²) in [5, 5.41) is 4.83. The Morgan fingerprint density at radius 3 is 2.76 bits per heavy atom. The van der Waals surface area contributed by atoms with Crippen molar-refractivity contribution in [1.29, 1.82) is 0 Å². The summed E-state index contributed by atoms with van der Waals surface area (Å²) in [4.78, 5) is 24.2. The van der Waals surface area contributed by atoms with Crippen LogP contribution in [0.4, 0.5) is 0 Å². The lowest BCUT2D eigenvalue weighted by Crippen LogP contribution is -2.29. The molecule has 3 aromatic heterocycles. The van der Waals surface area contributed by atoms with E-state index in [2.05, 4.69) is 14.5 Å². The van der Waals surface area contributed by atoms with Crippen LogP contribution in [0.25, 0.3) is 5.65 Å². The van der Waals surface area contributed by atoms with Crippen molar-refractivity contribution in [2.75, 3.05) is 20.2 Å². The van der Waals surface area contributed by atoms with Gasteiger partial charge in [-0.25, -0.2) is 14.5 Å². The minimum Gasteiger partial charge on any atom is -0.496 e. The highest BCUT2D eigenvalue weighted by molar-refractivity contribution is 5.97. The monoisotopic (exact) mass is 444 g/mol. The Morgan fingerprint density at radius 2 is 2.00 bits per heavy atom. The van der Waals surface area contributed by atoms with Crippen LogP contribution >= 0.6 is 0 Å². The summed E-state index contributed by atoms with van der Waals surface area (Å²) < 4.78 is 9.58. The SMILES string of the molecule is COc1c(C)cccc1C(=O)N1CCC(c2ccnc3c(Cn4ccnc4C)c(C)nn23)C1. The number of para-hydroxylation sites is 1. The quantitative estimate of drug-likeness (QED) is 0.471. The van der Waals surface area contributed by atoms with Crippen molar-refractivity contribution < 1.29 is 9.53 Å². The van der Waals surface area contributed by atoms with Crippen LogP contribution in [0.5, 0.6) is 5.75 Å². The number of aromatic nitrogens is 5. The summed E-state index contributed by atoms with van der Waals surface area (Å²) in [6, 6.07) is 7.73. The molecule has 1 aliphatic heterocycles. The second-order valence-corrected chi connectivity index (χ2v) is 8.66. The van der Waals surface area contributed by atoms with Crippen molar-refractivity contribution in [3.63, 3.8) is 0 Å². The summed E-state index contributed by atoms with van der Waals surface area (Å²) in [5.74, 6) is 1.81. The van der Waals surface area contributed by atoms with E-state index in [0.29, 0.717) is 30.9 Å². The first kappa shape index (κ1) is 21.2. The van der Waals surface area contributed by atoms with Crippen LogP contribution in [0, 0.1) is 20.8 Å². The molecule has 33 heavy (non-hydrogen) atoms. The molecule has 1 unspecified atom stereocenters. The fourth-order valence-electron chi connectivity index (χ4n) is 4.80. The number of nitrogens with zero attached hydrogens (tertiary/aromatic N) is 6. The van der Waals surface area contributed by atoms with E-state index in [4.69, 9.17) is 9.84 Å². The third-order valence-electron chi connectivity index (χ3n) is 6.64. The number of hydrogen-bond donors (Lipinski definition) is 0. The van der Waals surface area contributed by atoms with Crippen molar-refractivity contribution in [1.82, 2.24) is 29.0 Å². The number of likely N-dealkylation sites (tertiary alicyclic amines) is 1. The molecular weight excluding hydrogens is 416 g/mol. The zero-order chi connectivity index (χ0) is 23.1. The van der Waals surface area contributed by atoms with E-state index in [1.807, 2.05) is 73.0 Å². The molecule has 0 radical (unpaired) electrons. The topological polar surface area (TPSA) is 77.5 Å². The van der Waals surface area contributed by atoms with Crippen LogP contribution in [-0.4, -0.2) is 55.2 Å². The maximum Gasteiger partial charge on any atom is 0.257 e. The van der Waals surface area contributed by atoms with E-state index in [9.17, 15) is 4.79 Å². The van der Waals surface area contributed by atoms with Gasteiger partial charge in [-0.15, -0.1) is 0 Å². The summed E-state index contributed by atoms with van der Waals surface area (Å²) in [5.41, 5.74) is 5.58. The van der Waals surface area contributed by atoms with Gasteiger partial charge in [-0.05, 0) is 44.9 Å². The van der Waals surface area contributed by atoms with E-state index in [1.165, 1.54) is 0 Å².